The highest BCUT2D eigenvalue weighted by molar-refractivity contribution is 7.85. The third-order valence-corrected chi connectivity index (χ3v) is 10.1. The third kappa shape index (κ3) is 6.88. The van der Waals surface area contributed by atoms with Crippen LogP contribution in [0.1, 0.15) is 47.1 Å². The number of carbonyl (C=O) groups is 1. The number of fused-ring (bicyclic) bond motifs is 3. The van der Waals surface area contributed by atoms with E-state index in [1.54, 1.807) is 36.0 Å². The Morgan fingerprint density at radius 1 is 0.964 bits per heavy atom. The monoisotopic (exact) mass is 791 g/mol. The maximum absolute atomic E-state index is 15.0. The quantitative estimate of drug-likeness (QED) is 0.117. The number of nitrogens with one attached hydrogen (secondary N) is 3. The van der Waals surface area contributed by atoms with Gasteiger partial charge in [0.25, 0.3) is 12.3 Å². The molecule has 288 valence electrons. The van der Waals surface area contributed by atoms with Gasteiger partial charge in [-0.3, -0.25) is 18.9 Å². The van der Waals surface area contributed by atoms with Gasteiger partial charge in [0.2, 0.25) is 5.91 Å². The van der Waals surface area contributed by atoms with E-state index in [9.17, 15) is 26.6 Å². The lowest BCUT2D eigenvalue weighted by Gasteiger charge is -2.23. The highest BCUT2D eigenvalue weighted by Gasteiger charge is 2.46. The number of carbonyl (C=O) groups excluding carboxylic acids is 1. The molecule has 0 fully saturated rings. The Labute approximate surface area is 316 Å². The van der Waals surface area contributed by atoms with Crippen LogP contribution in [0.3, 0.4) is 0 Å². The number of aromatic amines is 1. The lowest BCUT2D eigenvalue weighted by Crippen LogP contribution is -2.35. The lowest BCUT2D eigenvalue weighted by atomic mass is 9.94. The third-order valence-electron chi connectivity index (χ3n) is 9.59. The minimum absolute atomic E-state index is 0.120. The largest absolute Gasteiger partial charge is 0.346 e. The van der Waals surface area contributed by atoms with E-state index in [4.69, 9.17) is 9.97 Å². The minimum Gasteiger partial charge on any atom is -0.346 e. The SMILES string of the molecule is Cn1nc(NS(C)=O)c2cccc(-c3cc4[nH]c(-c5ccccc5)nc4nc3C(Cc3cc(F)cc(F)c3)NC(=O)Cn3nc(C(F)F)c4c3C(F)(F)CC4)c21. The number of anilines is 1. The van der Waals surface area contributed by atoms with Gasteiger partial charge in [-0.2, -0.15) is 19.0 Å². The van der Waals surface area contributed by atoms with Crippen molar-refractivity contribution in [3.63, 3.8) is 0 Å². The Morgan fingerprint density at radius 2 is 1.71 bits per heavy atom. The first-order valence-electron chi connectivity index (χ1n) is 17.3. The van der Waals surface area contributed by atoms with E-state index >= 15 is 8.78 Å². The van der Waals surface area contributed by atoms with Crippen molar-refractivity contribution < 1.29 is 35.3 Å². The molecule has 7 aromatic rings. The number of imidazole rings is 1. The zero-order valence-electron chi connectivity index (χ0n) is 29.6. The summed E-state index contributed by atoms with van der Waals surface area (Å²) in [5.41, 5.74) is 1.43. The number of aryl methyl sites for hydroxylation is 1. The number of aromatic nitrogens is 7. The van der Waals surface area contributed by atoms with Crippen LogP contribution < -0.4 is 10.0 Å². The summed E-state index contributed by atoms with van der Waals surface area (Å²) in [7, 11) is 0.218. The molecule has 3 N–H and O–H groups in total. The maximum atomic E-state index is 15.0. The normalized spacial score (nSPS) is 14.7. The number of hydrogen-bond donors (Lipinski definition) is 3. The van der Waals surface area contributed by atoms with E-state index in [0.29, 0.717) is 49.9 Å². The van der Waals surface area contributed by atoms with Gasteiger partial charge in [0.15, 0.2) is 11.5 Å². The molecule has 0 bridgehead atoms. The Kier molecular flexibility index (Phi) is 9.38. The average Bonchev–Trinajstić information content (AvgIpc) is 3.89. The standard InChI is InChI=1S/C38H31F6N9O2S/c1-52-32-23(9-6-10-25(32)36(50-52)51-56(2)55)26-17-28-37(48-35(46-28)20-7-4-3-5-8-20)47-30(26)27(15-19-13-21(39)16-22(40)14-19)45-29(54)18-53-33-24(11-12-38(33,43)44)31(49-53)34(41)42/h3-10,13-14,16-17,27,34H,11-12,15,18H2,1-2H3,(H,45,54)(H,50,51)(H,46,47,48). The molecule has 4 aromatic heterocycles. The number of halogens is 6. The molecule has 0 saturated carbocycles. The van der Waals surface area contributed by atoms with Gasteiger partial charge >= 0.3 is 0 Å². The van der Waals surface area contributed by atoms with Crippen LogP contribution in [0.4, 0.5) is 32.2 Å². The van der Waals surface area contributed by atoms with Crippen molar-refractivity contribution in [2.45, 2.75) is 44.2 Å². The van der Waals surface area contributed by atoms with E-state index in [-0.39, 0.29) is 35.3 Å². The molecule has 0 radical (unpaired) electrons. The average molecular weight is 792 g/mol. The molecular weight excluding hydrogens is 761 g/mol. The molecule has 3 aromatic carbocycles. The van der Waals surface area contributed by atoms with Crippen molar-refractivity contribution in [3.8, 4) is 22.5 Å². The van der Waals surface area contributed by atoms with Crippen molar-refractivity contribution in [3.05, 3.63) is 113 Å². The van der Waals surface area contributed by atoms with Crippen LogP contribution in [0.5, 0.6) is 0 Å². The summed E-state index contributed by atoms with van der Waals surface area (Å²) in [6.45, 7) is -0.864. The minimum atomic E-state index is -3.50. The predicted molar refractivity (Wildman–Crippen MR) is 197 cm³/mol. The number of hydrogen-bond acceptors (Lipinski definition) is 6. The van der Waals surface area contributed by atoms with Crippen LogP contribution in [0, 0.1) is 11.6 Å². The second-order valence-corrected chi connectivity index (χ2v) is 14.6. The number of nitrogens with zero attached hydrogens (tertiary/aromatic N) is 6. The second kappa shape index (κ2) is 14.2. The van der Waals surface area contributed by atoms with Gasteiger partial charge in [0.05, 0.1) is 22.8 Å². The van der Waals surface area contributed by atoms with Crippen LogP contribution in [-0.2, 0) is 48.1 Å². The number of benzene rings is 3. The Morgan fingerprint density at radius 3 is 2.43 bits per heavy atom. The zero-order chi connectivity index (χ0) is 39.5. The molecule has 11 nitrogen and oxygen atoms in total. The molecule has 2 atom stereocenters. The van der Waals surface area contributed by atoms with Crippen LogP contribution >= 0.6 is 0 Å². The van der Waals surface area contributed by atoms with Crippen LogP contribution in [0.25, 0.3) is 44.6 Å². The number of para-hydroxylation sites is 1. The van der Waals surface area contributed by atoms with Crippen molar-refractivity contribution in [1.29, 1.82) is 0 Å². The first-order chi connectivity index (χ1) is 26.8. The molecule has 4 heterocycles. The van der Waals surface area contributed by atoms with Gasteiger partial charge in [-0.15, -0.1) is 0 Å². The molecule has 1 aliphatic rings. The van der Waals surface area contributed by atoms with Gasteiger partial charge in [-0.05, 0) is 42.7 Å². The molecule has 8 rings (SSSR count). The van der Waals surface area contributed by atoms with E-state index < -0.39 is 71.3 Å². The first-order valence-corrected chi connectivity index (χ1v) is 18.8. The number of amides is 1. The lowest BCUT2D eigenvalue weighted by molar-refractivity contribution is -0.122. The summed E-state index contributed by atoms with van der Waals surface area (Å²) in [6, 6.07) is 17.9. The van der Waals surface area contributed by atoms with E-state index in [2.05, 4.69) is 25.2 Å². The number of H-pyrrole nitrogens is 1. The van der Waals surface area contributed by atoms with E-state index in [1.807, 2.05) is 30.3 Å². The fourth-order valence-corrected chi connectivity index (χ4v) is 7.78. The summed E-state index contributed by atoms with van der Waals surface area (Å²) in [5.74, 6) is -5.35. The summed E-state index contributed by atoms with van der Waals surface area (Å²) < 4.78 is 104. The molecule has 0 spiro atoms. The Bertz CT molecular complexity index is 2660. The van der Waals surface area contributed by atoms with Crippen LogP contribution in [-0.4, -0.2) is 50.9 Å². The summed E-state index contributed by atoms with van der Waals surface area (Å²) in [4.78, 5) is 26.8. The second-order valence-electron chi connectivity index (χ2n) is 13.5. The van der Waals surface area contributed by atoms with Gasteiger partial charge in [-0.25, -0.2) is 31.7 Å². The zero-order valence-corrected chi connectivity index (χ0v) is 30.4. The van der Waals surface area contributed by atoms with Crippen molar-refractivity contribution >= 4 is 44.8 Å². The molecule has 18 heteroatoms. The molecule has 1 aliphatic carbocycles. The topological polar surface area (TPSA) is 135 Å². The molecule has 2 unspecified atom stereocenters. The van der Waals surface area contributed by atoms with Crippen molar-refractivity contribution in [2.75, 3.05) is 11.0 Å². The van der Waals surface area contributed by atoms with E-state index in [1.165, 1.54) is 6.26 Å². The number of pyridine rings is 1. The molecule has 0 saturated heterocycles. The van der Waals surface area contributed by atoms with Gasteiger partial charge in [-0.1, -0.05) is 42.5 Å². The van der Waals surface area contributed by atoms with Gasteiger partial charge in [0, 0.05) is 53.4 Å². The summed E-state index contributed by atoms with van der Waals surface area (Å²) in [6.07, 6.45) is -2.97. The number of rotatable bonds is 11. The fourth-order valence-electron chi connectivity index (χ4n) is 7.36. The molecular formula is C38H31F6N9O2S. The van der Waals surface area contributed by atoms with E-state index in [0.717, 1.165) is 17.7 Å². The predicted octanol–water partition coefficient (Wildman–Crippen LogP) is 7.43. The Hall–Kier alpha value is -6.04. The molecule has 1 amide bonds. The smallest absolute Gasteiger partial charge is 0.290 e. The van der Waals surface area contributed by atoms with Crippen LogP contribution in [0.15, 0.2) is 72.8 Å². The molecule has 0 aliphatic heterocycles. The Balaban J connectivity index is 1.30. The first kappa shape index (κ1) is 36.9. The molecule has 56 heavy (non-hydrogen) atoms. The highest BCUT2D eigenvalue weighted by Crippen LogP contribution is 2.45. The van der Waals surface area contributed by atoms with Crippen molar-refractivity contribution in [1.82, 2.24) is 39.8 Å². The maximum Gasteiger partial charge on any atom is 0.290 e. The van der Waals surface area contributed by atoms with Gasteiger partial charge < -0.3 is 10.3 Å². The van der Waals surface area contributed by atoms with Gasteiger partial charge in [0.1, 0.15) is 46.4 Å². The fraction of sp³-hybridized carbons (Fsp3) is 0.237. The van der Waals surface area contributed by atoms with Crippen molar-refractivity contribution in [2.24, 2.45) is 7.05 Å². The van der Waals surface area contributed by atoms with Crippen LogP contribution in [0.2, 0.25) is 0 Å². The summed E-state index contributed by atoms with van der Waals surface area (Å²) in [5, 5.41) is 11.6. The summed E-state index contributed by atoms with van der Waals surface area (Å²) >= 11 is 0. The number of alkyl halides is 4. The highest BCUT2D eigenvalue weighted by atomic mass is 32.2.